The third-order valence-electron chi connectivity index (χ3n) is 3.37. The van der Waals surface area contributed by atoms with E-state index in [4.69, 9.17) is 0 Å². The van der Waals surface area contributed by atoms with Crippen LogP contribution in [-0.4, -0.2) is 20.1 Å². The first-order valence-corrected chi connectivity index (χ1v) is 6.96. The number of hydrogen-bond donors (Lipinski definition) is 1. The summed E-state index contributed by atoms with van der Waals surface area (Å²) in [6, 6.07) is 17.3. The first-order chi connectivity index (χ1) is 9.72. The lowest BCUT2D eigenvalue weighted by Crippen LogP contribution is -2.33. The van der Waals surface area contributed by atoms with Crippen molar-refractivity contribution in [3.05, 3.63) is 66.0 Å². The Balaban J connectivity index is 2.14. The lowest BCUT2D eigenvalue weighted by Gasteiger charge is -2.27. The number of halogens is 1. The van der Waals surface area contributed by atoms with Crippen molar-refractivity contribution in [2.45, 2.75) is 13.0 Å². The summed E-state index contributed by atoms with van der Waals surface area (Å²) in [4.78, 5) is 1.95. The maximum Gasteiger partial charge on any atom is 0.146 e. The quantitative estimate of drug-likeness (QED) is 0.864. The molecule has 0 aliphatic carbocycles. The first-order valence-electron chi connectivity index (χ1n) is 6.96. The fourth-order valence-electron chi connectivity index (χ4n) is 2.35. The van der Waals surface area contributed by atoms with Gasteiger partial charge in [0.1, 0.15) is 5.82 Å². The summed E-state index contributed by atoms with van der Waals surface area (Å²) in [6.45, 7) is 3.68. The topological polar surface area (TPSA) is 15.3 Å². The molecule has 1 N–H and O–H groups in total. The number of nitrogens with one attached hydrogen (secondary N) is 1. The number of hydrogen-bond acceptors (Lipinski definition) is 2. The molecule has 0 heterocycles. The number of benzene rings is 2. The summed E-state index contributed by atoms with van der Waals surface area (Å²) in [6.07, 6.45) is 0. The Morgan fingerprint density at radius 1 is 1.05 bits per heavy atom. The second-order valence-corrected chi connectivity index (χ2v) is 4.85. The van der Waals surface area contributed by atoms with E-state index < -0.39 is 0 Å². The van der Waals surface area contributed by atoms with Gasteiger partial charge < -0.3 is 10.2 Å². The highest BCUT2D eigenvalue weighted by atomic mass is 19.1. The molecular weight excluding hydrogens is 251 g/mol. The average molecular weight is 272 g/mol. The van der Waals surface area contributed by atoms with Crippen LogP contribution in [0.1, 0.15) is 18.5 Å². The Bertz CT molecular complexity index is 528. The molecule has 0 aliphatic rings. The smallest absolute Gasteiger partial charge is 0.146 e. The predicted octanol–water partition coefficient (Wildman–Crippen LogP) is 3.61. The van der Waals surface area contributed by atoms with E-state index in [0.29, 0.717) is 5.69 Å². The van der Waals surface area contributed by atoms with Crippen LogP contribution in [0.2, 0.25) is 0 Å². The second-order valence-electron chi connectivity index (χ2n) is 4.85. The van der Waals surface area contributed by atoms with E-state index in [0.717, 1.165) is 13.1 Å². The van der Waals surface area contributed by atoms with E-state index >= 15 is 0 Å². The van der Waals surface area contributed by atoms with Gasteiger partial charge in [-0.2, -0.15) is 0 Å². The number of anilines is 1. The molecule has 106 valence electrons. The molecular formula is C17H21FN2. The number of para-hydroxylation sites is 1. The molecule has 2 aromatic carbocycles. The molecule has 1 unspecified atom stereocenters. The summed E-state index contributed by atoms with van der Waals surface area (Å²) in [5.41, 5.74) is 1.85. The van der Waals surface area contributed by atoms with E-state index in [1.165, 1.54) is 11.6 Å². The van der Waals surface area contributed by atoms with E-state index in [-0.39, 0.29) is 11.9 Å². The van der Waals surface area contributed by atoms with Crippen LogP contribution in [0.3, 0.4) is 0 Å². The number of nitrogens with zero attached hydrogens (tertiary/aromatic N) is 1. The van der Waals surface area contributed by atoms with Gasteiger partial charge in [0.25, 0.3) is 0 Å². The number of likely N-dealkylation sites (N-methyl/N-ethyl adjacent to an activating group) is 2. The summed E-state index contributed by atoms with van der Waals surface area (Å²) in [5, 5.41) is 3.45. The number of rotatable bonds is 6. The monoisotopic (exact) mass is 272 g/mol. The molecule has 20 heavy (non-hydrogen) atoms. The van der Waals surface area contributed by atoms with Crippen molar-refractivity contribution in [1.29, 1.82) is 0 Å². The largest absolute Gasteiger partial charge is 0.370 e. The molecule has 3 heteroatoms. The van der Waals surface area contributed by atoms with Crippen LogP contribution >= 0.6 is 0 Å². The Hall–Kier alpha value is -1.87. The van der Waals surface area contributed by atoms with Crippen LogP contribution in [0.25, 0.3) is 0 Å². The zero-order valence-electron chi connectivity index (χ0n) is 12.0. The molecule has 2 aromatic rings. The average Bonchev–Trinajstić information content (AvgIpc) is 2.48. The predicted molar refractivity (Wildman–Crippen MR) is 82.5 cm³/mol. The summed E-state index contributed by atoms with van der Waals surface area (Å²) in [5.74, 6) is -0.182. The fourth-order valence-corrected chi connectivity index (χ4v) is 2.35. The molecule has 0 saturated heterocycles. The van der Waals surface area contributed by atoms with Crippen LogP contribution in [0.5, 0.6) is 0 Å². The van der Waals surface area contributed by atoms with Gasteiger partial charge in [-0.05, 0) is 24.2 Å². The van der Waals surface area contributed by atoms with Gasteiger partial charge >= 0.3 is 0 Å². The zero-order chi connectivity index (χ0) is 14.4. The Kier molecular flexibility index (Phi) is 5.13. The molecule has 0 radical (unpaired) electrons. The first kappa shape index (κ1) is 14.5. The van der Waals surface area contributed by atoms with Crippen LogP contribution < -0.4 is 10.2 Å². The van der Waals surface area contributed by atoms with E-state index in [1.54, 1.807) is 6.07 Å². The highest BCUT2D eigenvalue weighted by Crippen LogP contribution is 2.21. The minimum atomic E-state index is -0.182. The van der Waals surface area contributed by atoms with Gasteiger partial charge in [0.15, 0.2) is 0 Å². The summed E-state index contributed by atoms with van der Waals surface area (Å²) in [7, 11) is 1.92. The van der Waals surface area contributed by atoms with E-state index in [2.05, 4.69) is 24.4 Å². The van der Waals surface area contributed by atoms with Gasteiger partial charge in [0.2, 0.25) is 0 Å². The lowest BCUT2D eigenvalue weighted by atomic mass is 10.1. The van der Waals surface area contributed by atoms with Crippen molar-refractivity contribution in [3.8, 4) is 0 Å². The molecule has 0 saturated carbocycles. The molecule has 0 spiro atoms. The third kappa shape index (κ3) is 3.58. The Labute approximate surface area is 120 Å². The summed E-state index contributed by atoms with van der Waals surface area (Å²) < 4.78 is 13.8. The minimum Gasteiger partial charge on any atom is -0.370 e. The second kappa shape index (κ2) is 7.06. The third-order valence-corrected chi connectivity index (χ3v) is 3.37. The van der Waals surface area contributed by atoms with Gasteiger partial charge in [-0.25, -0.2) is 4.39 Å². The Morgan fingerprint density at radius 2 is 1.70 bits per heavy atom. The van der Waals surface area contributed by atoms with Gasteiger partial charge in [-0.15, -0.1) is 0 Å². The van der Waals surface area contributed by atoms with Crippen molar-refractivity contribution in [2.75, 3.05) is 25.0 Å². The molecule has 2 nitrogen and oxygen atoms in total. The molecule has 0 aromatic heterocycles. The van der Waals surface area contributed by atoms with Gasteiger partial charge in [0, 0.05) is 19.6 Å². The summed E-state index contributed by atoms with van der Waals surface area (Å²) >= 11 is 0. The van der Waals surface area contributed by atoms with Gasteiger partial charge in [-0.1, -0.05) is 49.4 Å². The van der Waals surface area contributed by atoms with Crippen molar-refractivity contribution < 1.29 is 4.39 Å². The normalized spacial score (nSPS) is 12.2. The zero-order valence-corrected chi connectivity index (χ0v) is 12.0. The SMILES string of the molecule is CCNC(CN(C)c1ccccc1F)c1ccccc1. The van der Waals surface area contributed by atoms with Gasteiger partial charge in [0.05, 0.1) is 5.69 Å². The molecule has 0 aliphatic heterocycles. The van der Waals surface area contributed by atoms with Crippen molar-refractivity contribution in [1.82, 2.24) is 5.32 Å². The van der Waals surface area contributed by atoms with Crippen LogP contribution in [0.4, 0.5) is 10.1 Å². The molecule has 1 atom stereocenters. The van der Waals surface area contributed by atoms with E-state index in [9.17, 15) is 4.39 Å². The minimum absolute atomic E-state index is 0.182. The Morgan fingerprint density at radius 3 is 2.35 bits per heavy atom. The maximum absolute atomic E-state index is 13.8. The van der Waals surface area contributed by atoms with Gasteiger partial charge in [-0.3, -0.25) is 0 Å². The molecule has 0 amide bonds. The molecule has 2 rings (SSSR count). The fraction of sp³-hybridized carbons (Fsp3) is 0.294. The standard InChI is InChI=1S/C17H21FN2/c1-3-19-16(14-9-5-4-6-10-14)13-20(2)17-12-8-7-11-15(17)18/h4-12,16,19H,3,13H2,1-2H3. The maximum atomic E-state index is 13.8. The van der Waals surface area contributed by atoms with Crippen LogP contribution in [-0.2, 0) is 0 Å². The van der Waals surface area contributed by atoms with Crippen molar-refractivity contribution in [3.63, 3.8) is 0 Å². The highest BCUT2D eigenvalue weighted by molar-refractivity contribution is 5.47. The van der Waals surface area contributed by atoms with Crippen LogP contribution in [0.15, 0.2) is 54.6 Å². The lowest BCUT2D eigenvalue weighted by molar-refractivity contribution is 0.543. The van der Waals surface area contributed by atoms with Crippen molar-refractivity contribution in [2.24, 2.45) is 0 Å². The van der Waals surface area contributed by atoms with Crippen LogP contribution in [0, 0.1) is 5.82 Å². The van der Waals surface area contributed by atoms with E-state index in [1.807, 2.05) is 42.3 Å². The van der Waals surface area contributed by atoms with Crippen molar-refractivity contribution >= 4 is 5.69 Å². The molecule has 0 fully saturated rings. The molecule has 0 bridgehead atoms. The highest BCUT2D eigenvalue weighted by Gasteiger charge is 2.14.